The van der Waals surface area contributed by atoms with E-state index in [1.165, 1.54) is 19.2 Å². The third-order valence-corrected chi connectivity index (χ3v) is 3.76. The van der Waals surface area contributed by atoms with Crippen molar-refractivity contribution in [3.05, 3.63) is 59.2 Å². The number of rotatable bonds is 4. The summed E-state index contributed by atoms with van der Waals surface area (Å²) in [4.78, 5) is 36.8. The standard InChI is InChI=1S/C18H16N2O4/c1-11-3-6-13(7-4-11)24-10-16(21)19-12-5-8-14-15(9-12)18(23)20(2)17(14)22/h3-9H,10H2,1-2H3,(H,19,21). The Kier molecular flexibility index (Phi) is 4.04. The lowest BCUT2D eigenvalue weighted by Gasteiger charge is -2.08. The Morgan fingerprint density at radius 3 is 2.42 bits per heavy atom. The van der Waals surface area contributed by atoms with Crippen LogP contribution in [0, 0.1) is 6.92 Å². The topological polar surface area (TPSA) is 75.7 Å². The fourth-order valence-corrected chi connectivity index (χ4v) is 2.42. The van der Waals surface area contributed by atoms with Crippen LogP contribution in [0.15, 0.2) is 42.5 Å². The molecule has 0 atom stereocenters. The van der Waals surface area contributed by atoms with Crippen LogP contribution in [0.2, 0.25) is 0 Å². The average molecular weight is 324 g/mol. The first-order valence-corrected chi connectivity index (χ1v) is 7.41. The molecule has 0 saturated carbocycles. The fourth-order valence-electron chi connectivity index (χ4n) is 2.42. The molecule has 0 fully saturated rings. The lowest BCUT2D eigenvalue weighted by molar-refractivity contribution is -0.118. The van der Waals surface area contributed by atoms with E-state index < -0.39 is 0 Å². The molecule has 2 aromatic carbocycles. The van der Waals surface area contributed by atoms with Gasteiger partial charge in [-0.05, 0) is 37.3 Å². The molecule has 3 amide bonds. The molecule has 6 nitrogen and oxygen atoms in total. The van der Waals surface area contributed by atoms with Crippen molar-refractivity contribution in [1.29, 1.82) is 0 Å². The first-order valence-electron chi connectivity index (χ1n) is 7.41. The summed E-state index contributed by atoms with van der Waals surface area (Å²) in [6.45, 7) is 1.82. The molecule has 2 aromatic rings. The van der Waals surface area contributed by atoms with Crippen molar-refractivity contribution in [2.24, 2.45) is 0 Å². The maximum Gasteiger partial charge on any atom is 0.262 e. The number of benzene rings is 2. The summed E-state index contributed by atoms with van der Waals surface area (Å²) in [6.07, 6.45) is 0. The molecule has 0 aliphatic carbocycles. The predicted octanol–water partition coefficient (Wildman–Crippen LogP) is 2.24. The number of nitrogens with zero attached hydrogens (tertiary/aromatic N) is 1. The maximum absolute atomic E-state index is 12.0. The highest BCUT2D eigenvalue weighted by atomic mass is 16.5. The lowest BCUT2D eigenvalue weighted by Crippen LogP contribution is -2.24. The zero-order valence-corrected chi connectivity index (χ0v) is 13.3. The van der Waals surface area contributed by atoms with Crippen molar-refractivity contribution in [3.8, 4) is 5.75 Å². The molecule has 0 unspecified atom stereocenters. The highest BCUT2D eigenvalue weighted by Crippen LogP contribution is 2.24. The summed E-state index contributed by atoms with van der Waals surface area (Å²) in [7, 11) is 1.43. The summed E-state index contributed by atoms with van der Waals surface area (Å²) in [5, 5.41) is 2.66. The molecular formula is C18H16N2O4. The van der Waals surface area contributed by atoms with Gasteiger partial charge in [0.25, 0.3) is 17.7 Å². The van der Waals surface area contributed by atoms with Gasteiger partial charge < -0.3 is 10.1 Å². The highest BCUT2D eigenvalue weighted by Gasteiger charge is 2.32. The number of hydrogen-bond donors (Lipinski definition) is 1. The largest absolute Gasteiger partial charge is 0.484 e. The van der Waals surface area contributed by atoms with Crippen LogP contribution in [0.3, 0.4) is 0 Å². The normalized spacial score (nSPS) is 13.0. The first kappa shape index (κ1) is 15.7. The van der Waals surface area contributed by atoms with Crippen LogP contribution < -0.4 is 10.1 Å². The van der Waals surface area contributed by atoms with Crippen LogP contribution in [0.25, 0.3) is 0 Å². The fraction of sp³-hybridized carbons (Fsp3) is 0.167. The number of carbonyl (C=O) groups is 3. The van der Waals surface area contributed by atoms with Crippen LogP contribution >= 0.6 is 0 Å². The van der Waals surface area contributed by atoms with E-state index in [9.17, 15) is 14.4 Å². The zero-order valence-electron chi connectivity index (χ0n) is 13.3. The Morgan fingerprint density at radius 1 is 1.04 bits per heavy atom. The van der Waals surface area contributed by atoms with Gasteiger partial charge in [0, 0.05) is 12.7 Å². The number of carbonyl (C=O) groups excluding carboxylic acids is 3. The van der Waals surface area contributed by atoms with Crippen LogP contribution in [0.4, 0.5) is 5.69 Å². The summed E-state index contributed by atoms with van der Waals surface area (Å²) in [5.41, 5.74) is 2.19. The summed E-state index contributed by atoms with van der Waals surface area (Å²) >= 11 is 0. The number of anilines is 1. The van der Waals surface area contributed by atoms with Crippen molar-refractivity contribution in [2.45, 2.75) is 6.92 Å². The summed E-state index contributed by atoms with van der Waals surface area (Å²) < 4.78 is 5.40. The van der Waals surface area contributed by atoms with Gasteiger partial charge in [0.2, 0.25) is 0 Å². The van der Waals surface area contributed by atoms with Crippen LogP contribution in [-0.4, -0.2) is 36.3 Å². The van der Waals surface area contributed by atoms with E-state index in [0.29, 0.717) is 22.6 Å². The number of fused-ring (bicyclic) bond motifs is 1. The van der Waals surface area contributed by atoms with E-state index in [-0.39, 0.29) is 24.3 Å². The minimum atomic E-state index is -0.373. The van der Waals surface area contributed by atoms with Gasteiger partial charge in [-0.2, -0.15) is 0 Å². The lowest BCUT2D eigenvalue weighted by atomic mass is 10.1. The van der Waals surface area contributed by atoms with Crippen LogP contribution in [-0.2, 0) is 4.79 Å². The van der Waals surface area contributed by atoms with Gasteiger partial charge in [0.15, 0.2) is 6.61 Å². The number of nitrogens with one attached hydrogen (secondary N) is 1. The Hall–Kier alpha value is -3.15. The van der Waals surface area contributed by atoms with Crippen LogP contribution in [0.5, 0.6) is 5.75 Å². The zero-order chi connectivity index (χ0) is 17.3. The smallest absolute Gasteiger partial charge is 0.262 e. The minimum Gasteiger partial charge on any atom is -0.484 e. The highest BCUT2D eigenvalue weighted by molar-refractivity contribution is 6.21. The van der Waals surface area contributed by atoms with Gasteiger partial charge in [0.05, 0.1) is 11.1 Å². The third kappa shape index (κ3) is 2.99. The Bertz CT molecular complexity index is 827. The summed E-state index contributed by atoms with van der Waals surface area (Å²) in [5.74, 6) is -0.453. The molecule has 0 aromatic heterocycles. The van der Waals surface area contributed by atoms with Gasteiger partial charge in [-0.1, -0.05) is 17.7 Å². The molecule has 122 valence electrons. The number of imide groups is 1. The van der Waals surface area contributed by atoms with E-state index in [1.54, 1.807) is 18.2 Å². The molecule has 1 aliphatic rings. The van der Waals surface area contributed by atoms with Crippen molar-refractivity contribution < 1.29 is 19.1 Å². The maximum atomic E-state index is 12.0. The Labute approximate surface area is 139 Å². The minimum absolute atomic E-state index is 0.146. The third-order valence-electron chi connectivity index (χ3n) is 3.76. The SMILES string of the molecule is Cc1ccc(OCC(=O)Nc2ccc3c(c2)C(=O)N(C)C3=O)cc1. The first-order chi connectivity index (χ1) is 11.5. The molecule has 0 bridgehead atoms. The van der Waals surface area contributed by atoms with E-state index in [4.69, 9.17) is 4.74 Å². The second kappa shape index (κ2) is 6.16. The molecule has 0 saturated heterocycles. The molecule has 1 heterocycles. The molecule has 1 N–H and O–H groups in total. The van der Waals surface area contributed by atoms with E-state index >= 15 is 0 Å². The molecule has 0 spiro atoms. The second-order valence-electron chi connectivity index (χ2n) is 5.58. The molecule has 0 radical (unpaired) electrons. The molecule has 1 aliphatic heterocycles. The van der Waals surface area contributed by atoms with Crippen molar-refractivity contribution in [1.82, 2.24) is 4.90 Å². The Balaban J connectivity index is 1.64. The van der Waals surface area contributed by atoms with Gasteiger partial charge >= 0.3 is 0 Å². The number of amides is 3. The van der Waals surface area contributed by atoms with E-state index in [1.807, 2.05) is 19.1 Å². The van der Waals surface area contributed by atoms with Crippen LogP contribution in [0.1, 0.15) is 26.3 Å². The number of hydrogen-bond acceptors (Lipinski definition) is 4. The van der Waals surface area contributed by atoms with Gasteiger partial charge in [-0.15, -0.1) is 0 Å². The van der Waals surface area contributed by atoms with Crippen molar-refractivity contribution in [3.63, 3.8) is 0 Å². The number of aryl methyl sites for hydroxylation is 1. The molecule has 24 heavy (non-hydrogen) atoms. The second-order valence-corrected chi connectivity index (χ2v) is 5.58. The van der Waals surface area contributed by atoms with Gasteiger partial charge in [-0.25, -0.2) is 0 Å². The number of ether oxygens (including phenoxy) is 1. The van der Waals surface area contributed by atoms with Gasteiger partial charge in [0.1, 0.15) is 5.75 Å². The predicted molar refractivity (Wildman–Crippen MR) is 88.2 cm³/mol. The average Bonchev–Trinajstić information content (AvgIpc) is 2.79. The molecule has 6 heteroatoms. The van der Waals surface area contributed by atoms with E-state index in [2.05, 4.69) is 5.32 Å². The van der Waals surface area contributed by atoms with Crippen molar-refractivity contribution >= 4 is 23.4 Å². The monoisotopic (exact) mass is 324 g/mol. The summed E-state index contributed by atoms with van der Waals surface area (Å²) in [6, 6.07) is 12.0. The molecule has 3 rings (SSSR count). The van der Waals surface area contributed by atoms with Crippen molar-refractivity contribution in [2.75, 3.05) is 19.0 Å². The molecular weight excluding hydrogens is 308 g/mol. The quantitative estimate of drug-likeness (QED) is 0.875. The Morgan fingerprint density at radius 2 is 1.71 bits per heavy atom. The van der Waals surface area contributed by atoms with Gasteiger partial charge in [-0.3, -0.25) is 19.3 Å². The van der Waals surface area contributed by atoms with E-state index in [0.717, 1.165) is 10.5 Å².